The number of benzene rings is 1. The highest BCUT2D eigenvalue weighted by molar-refractivity contribution is 5.97. The van der Waals surface area contributed by atoms with Crippen molar-refractivity contribution in [2.75, 3.05) is 13.2 Å². The molecule has 21 heavy (non-hydrogen) atoms. The summed E-state index contributed by atoms with van der Waals surface area (Å²) < 4.78 is 13.3. The van der Waals surface area contributed by atoms with Gasteiger partial charge in [-0.1, -0.05) is 11.8 Å². The van der Waals surface area contributed by atoms with Crippen LogP contribution in [0.4, 0.5) is 4.39 Å². The summed E-state index contributed by atoms with van der Waals surface area (Å²) in [5, 5.41) is 17.4. The largest absolute Gasteiger partial charge is 0.384 e. The first-order chi connectivity index (χ1) is 10.2. The molecule has 4 nitrogen and oxygen atoms in total. The minimum atomic E-state index is -0.483. The third-order valence-electron chi connectivity index (χ3n) is 3.23. The first-order valence-electron chi connectivity index (χ1n) is 6.74. The second kappa shape index (κ2) is 6.88. The highest BCUT2D eigenvalue weighted by Crippen LogP contribution is 2.29. The van der Waals surface area contributed by atoms with Crippen molar-refractivity contribution >= 4 is 5.91 Å². The van der Waals surface area contributed by atoms with Crippen LogP contribution in [0.5, 0.6) is 0 Å². The van der Waals surface area contributed by atoms with Gasteiger partial charge in [0.25, 0.3) is 5.91 Å². The molecule has 1 aromatic rings. The summed E-state index contributed by atoms with van der Waals surface area (Å²) in [7, 11) is 0. The molecule has 1 aromatic carbocycles. The van der Waals surface area contributed by atoms with Crippen LogP contribution in [-0.2, 0) is 0 Å². The number of nitrogens with zero attached hydrogens (tertiary/aromatic N) is 2. The quantitative estimate of drug-likeness (QED) is 0.857. The predicted molar refractivity (Wildman–Crippen MR) is 74.7 cm³/mol. The average Bonchev–Trinajstić information content (AvgIpc) is 3.30. The zero-order chi connectivity index (χ0) is 15.2. The lowest BCUT2D eigenvalue weighted by Gasteiger charge is -2.21. The van der Waals surface area contributed by atoms with Crippen molar-refractivity contribution in [2.24, 2.45) is 0 Å². The van der Waals surface area contributed by atoms with Gasteiger partial charge in [-0.2, -0.15) is 5.26 Å². The monoisotopic (exact) mass is 286 g/mol. The Hall–Kier alpha value is -2.37. The van der Waals surface area contributed by atoms with Crippen LogP contribution in [-0.4, -0.2) is 35.1 Å². The SMILES string of the molecule is N#CCCN(C(=O)c1ccc(F)cc1C#CCO)C1CC1. The van der Waals surface area contributed by atoms with Gasteiger partial charge >= 0.3 is 0 Å². The van der Waals surface area contributed by atoms with Crippen LogP contribution in [0.3, 0.4) is 0 Å². The second-order valence-corrected chi connectivity index (χ2v) is 4.79. The van der Waals surface area contributed by atoms with Crippen LogP contribution >= 0.6 is 0 Å². The van der Waals surface area contributed by atoms with Gasteiger partial charge in [-0.05, 0) is 31.0 Å². The molecule has 1 aliphatic carbocycles. The van der Waals surface area contributed by atoms with E-state index in [1.54, 1.807) is 4.90 Å². The van der Waals surface area contributed by atoms with Crippen molar-refractivity contribution in [2.45, 2.75) is 25.3 Å². The van der Waals surface area contributed by atoms with Crippen molar-refractivity contribution in [3.63, 3.8) is 0 Å². The molecule has 0 radical (unpaired) electrons. The van der Waals surface area contributed by atoms with E-state index in [1.165, 1.54) is 18.2 Å². The van der Waals surface area contributed by atoms with Crippen molar-refractivity contribution in [3.05, 3.63) is 35.1 Å². The lowest BCUT2D eigenvalue weighted by atomic mass is 10.1. The zero-order valence-electron chi connectivity index (χ0n) is 11.5. The van der Waals surface area contributed by atoms with Gasteiger partial charge in [0.2, 0.25) is 0 Å². The molecule has 1 amide bonds. The lowest BCUT2D eigenvalue weighted by molar-refractivity contribution is 0.0746. The summed E-state index contributed by atoms with van der Waals surface area (Å²) in [6, 6.07) is 6.00. The van der Waals surface area contributed by atoms with Crippen molar-refractivity contribution < 1.29 is 14.3 Å². The Balaban J connectivity index is 2.30. The van der Waals surface area contributed by atoms with E-state index in [0.717, 1.165) is 12.8 Å². The smallest absolute Gasteiger partial charge is 0.255 e. The van der Waals surface area contributed by atoms with Gasteiger partial charge in [-0.15, -0.1) is 0 Å². The van der Waals surface area contributed by atoms with E-state index in [0.29, 0.717) is 12.1 Å². The number of hydrogen-bond donors (Lipinski definition) is 1. The third kappa shape index (κ3) is 3.81. The Bertz CT molecular complexity index is 636. The zero-order valence-corrected chi connectivity index (χ0v) is 11.5. The number of carbonyl (C=O) groups is 1. The number of rotatable bonds is 4. The molecule has 0 aliphatic heterocycles. The van der Waals surface area contributed by atoms with Crippen molar-refractivity contribution in [1.29, 1.82) is 5.26 Å². The van der Waals surface area contributed by atoms with E-state index >= 15 is 0 Å². The number of halogens is 1. The van der Waals surface area contributed by atoms with Gasteiger partial charge < -0.3 is 10.0 Å². The predicted octanol–water partition coefficient (Wildman–Crippen LogP) is 1.69. The highest BCUT2D eigenvalue weighted by atomic mass is 19.1. The van der Waals surface area contributed by atoms with Crippen LogP contribution in [0.15, 0.2) is 18.2 Å². The molecule has 0 aromatic heterocycles. The third-order valence-corrected chi connectivity index (χ3v) is 3.23. The van der Waals surface area contributed by atoms with E-state index in [4.69, 9.17) is 10.4 Å². The Morgan fingerprint density at radius 2 is 2.24 bits per heavy atom. The molecule has 5 heteroatoms. The van der Waals surface area contributed by atoms with Crippen LogP contribution in [0.1, 0.15) is 35.2 Å². The molecular formula is C16H15FN2O2. The molecule has 1 fully saturated rings. The lowest BCUT2D eigenvalue weighted by Crippen LogP contribution is -2.34. The van der Waals surface area contributed by atoms with Crippen LogP contribution in [0.2, 0.25) is 0 Å². The van der Waals surface area contributed by atoms with Gasteiger partial charge in [0.1, 0.15) is 12.4 Å². The molecule has 0 spiro atoms. The molecule has 0 bridgehead atoms. The molecule has 0 saturated heterocycles. The fourth-order valence-corrected chi connectivity index (χ4v) is 2.10. The summed E-state index contributed by atoms with van der Waals surface area (Å²) >= 11 is 0. The van der Waals surface area contributed by atoms with Gasteiger partial charge in [-0.25, -0.2) is 4.39 Å². The topological polar surface area (TPSA) is 64.3 Å². The minimum absolute atomic E-state index is 0.162. The molecular weight excluding hydrogens is 271 g/mol. The number of carbonyl (C=O) groups excluding carboxylic acids is 1. The normalized spacial score (nSPS) is 13.0. The molecule has 0 unspecified atom stereocenters. The Labute approximate surface area is 122 Å². The fourth-order valence-electron chi connectivity index (χ4n) is 2.10. The summed E-state index contributed by atoms with van der Waals surface area (Å²) in [6.07, 6.45) is 2.12. The maximum absolute atomic E-state index is 13.3. The molecule has 108 valence electrons. The van der Waals surface area contributed by atoms with E-state index in [2.05, 4.69) is 11.8 Å². The summed E-state index contributed by atoms with van der Waals surface area (Å²) in [5.41, 5.74) is 0.568. The van der Waals surface area contributed by atoms with Gasteiger partial charge in [0.05, 0.1) is 18.1 Å². The Kier molecular flexibility index (Phi) is 4.92. The minimum Gasteiger partial charge on any atom is -0.384 e. The molecule has 0 heterocycles. The van der Waals surface area contributed by atoms with Crippen molar-refractivity contribution in [3.8, 4) is 17.9 Å². The van der Waals surface area contributed by atoms with Gasteiger partial charge in [0.15, 0.2) is 0 Å². The first kappa shape index (κ1) is 15.0. The van der Waals surface area contributed by atoms with Gasteiger partial charge in [-0.3, -0.25) is 4.79 Å². The van der Waals surface area contributed by atoms with E-state index in [1.807, 2.05) is 6.07 Å². The summed E-state index contributed by atoms with van der Waals surface area (Å²) in [4.78, 5) is 14.2. The summed E-state index contributed by atoms with van der Waals surface area (Å²) in [6.45, 7) is 0.00909. The number of hydrogen-bond acceptors (Lipinski definition) is 3. The number of amides is 1. The second-order valence-electron chi connectivity index (χ2n) is 4.79. The standard InChI is InChI=1S/C16H15FN2O2/c17-13-4-7-15(12(11-13)3-1-10-20)16(21)19(9-2-8-18)14-5-6-14/h4,7,11,14,20H,2,5-6,9-10H2. The van der Waals surface area contributed by atoms with E-state index in [9.17, 15) is 9.18 Å². The number of aliphatic hydroxyl groups is 1. The molecule has 2 rings (SSSR count). The Morgan fingerprint density at radius 3 is 2.86 bits per heavy atom. The van der Waals surface area contributed by atoms with Crippen LogP contribution in [0.25, 0.3) is 0 Å². The van der Waals surface area contributed by atoms with Crippen LogP contribution < -0.4 is 0 Å². The molecule has 1 saturated carbocycles. The highest BCUT2D eigenvalue weighted by Gasteiger charge is 2.33. The molecule has 1 N–H and O–H groups in total. The maximum Gasteiger partial charge on any atom is 0.255 e. The van der Waals surface area contributed by atoms with Crippen molar-refractivity contribution in [1.82, 2.24) is 4.90 Å². The molecule has 0 atom stereocenters. The van der Waals surface area contributed by atoms with Gasteiger partial charge in [0, 0.05) is 18.2 Å². The molecule has 1 aliphatic rings. The first-order valence-corrected chi connectivity index (χ1v) is 6.74. The van der Waals surface area contributed by atoms with Crippen LogP contribution in [0, 0.1) is 29.0 Å². The number of aliphatic hydroxyl groups excluding tert-OH is 1. The fraction of sp³-hybridized carbons (Fsp3) is 0.375. The number of nitriles is 1. The van der Waals surface area contributed by atoms with E-state index in [-0.39, 0.29) is 30.5 Å². The van der Waals surface area contributed by atoms with E-state index < -0.39 is 5.82 Å². The maximum atomic E-state index is 13.3. The Morgan fingerprint density at radius 1 is 1.48 bits per heavy atom. The average molecular weight is 286 g/mol. The summed E-state index contributed by atoms with van der Waals surface area (Å²) in [5.74, 6) is 4.31.